The minimum Gasteiger partial charge on any atom is -0.497 e. The predicted octanol–water partition coefficient (Wildman–Crippen LogP) is 3.66. The number of carbonyl (C=O) groups excluding carboxylic acids is 1. The van der Waals surface area contributed by atoms with Crippen molar-refractivity contribution in [1.82, 2.24) is 9.97 Å². The van der Waals surface area contributed by atoms with Crippen LogP contribution in [0.15, 0.2) is 60.8 Å². The molecule has 9 heteroatoms. The van der Waals surface area contributed by atoms with E-state index in [1.807, 2.05) is 61.5 Å². The van der Waals surface area contributed by atoms with Crippen LogP contribution in [-0.4, -0.2) is 60.7 Å². The van der Waals surface area contributed by atoms with Crippen LogP contribution in [0.5, 0.6) is 5.75 Å². The van der Waals surface area contributed by atoms with Crippen molar-refractivity contribution in [3.8, 4) is 17.0 Å². The lowest BCUT2D eigenvalue weighted by Gasteiger charge is -2.18. The molecule has 34 heavy (non-hydrogen) atoms. The van der Waals surface area contributed by atoms with E-state index in [0.29, 0.717) is 18.2 Å². The van der Waals surface area contributed by atoms with Gasteiger partial charge in [0.1, 0.15) is 18.0 Å². The zero-order chi connectivity index (χ0) is 23.5. The van der Waals surface area contributed by atoms with Gasteiger partial charge in [-0.25, -0.2) is 14.8 Å². The summed E-state index contributed by atoms with van der Waals surface area (Å²) in [6.07, 6.45) is 0.0536. The molecule has 2 aliphatic rings. The van der Waals surface area contributed by atoms with Gasteiger partial charge < -0.3 is 24.3 Å². The molecule has 0 aliphatic carbocycles. The lowest BCUT2D eigenvalue weighted by molar-refractivity contribution is 0.00917. The SMILES string of the molecule is COc1ccc(-c2ccnc(NC3COC4C(OC(=O)Nc5ccc(C)cc5)COC34)n2)cc1. The van der Waals surface area contributed by atoms with Crippen LogP contribution >= 0.6 is 0 Å². The number of rotatable bonds is 6. The molecule has 5 rings (SSSR count). The Morgan fingerprint density at radius 3 is 2.53 bits per heavy atom. The highest BCUT2D eigenvalue weighted by molar-refractivity contribution is 5.84. The number of aryl methyl sites for hydroxylation is 1. The second kappa shape index (κ2) is 9.66. The molecule has 0 radical (unpaired) electrons. The standard InChI is InChI=1S/C25H26N4O5/c1-15-3-7-17(8-4-15)27-25(30)34-21-14-33-22-20(13-32-23(21)22)29-24-26-12-11-19(28-24)16-5-9-18(31-2)10-6-16/h3-12,20-23H,13-14H2,1-2H3,(H,27,30)(H,26,28,29). The zero-order valence-electron chi connectivity index (χ0n) is 18.9. The summed E-state index contributed by atoms with van der Waals surface area (Å²) >= 11 is 0. The van der Waals surface area contributed by atoms with Crippen molar-refractivity contribution < 1.29 is 23.7 Å². The average Bonchev–Trinajstić information content (AvgIpc) is 3.44. The van der Waals surface area contributed by atoms with Crippen molar-refractivity contribution in [2.24, 2.45) is 0 Å². The molecule has 1 amide bonds. The van der Waals surface area contributed by atoms with E-state index in [-0.39, 0.29) is 24.9 Å². The maximum atomic E-state index is 12.3. The quantitative estimate of drug-likeness (QED) is 0.572. The first-order chi connectivity index (χ1) is 16.6. The van der Waals surface area contributed by atoms with Crippen LogP contribution in [0.2, 0.25) is 0 Å². The molecule has 2 fully saturated rings. The van der Waals surface area contributed by atoms with Gasteiger partial charge in [0.2, 0.25) is 5.95 Å². The lowest BCUT2D eigenvalue weighted by Crippen LogP contribution is -2.38. The fourth-order valence-corrected chi connectivity index (χ4v) is 4.13. The number of nitrogens with one attached hydrogen (secondary N) is 2. The van der Waals surface area contributed by atoms with Crippen molar-refractivity contribution in [2.45, 2.75) is 31.3 Å². The highest BCUT2D eigenvalue weighted by Crippen LogP contribution is 2.31. The van der Waals surface area contributed by atoms with Crippen molar-refractivity contribution in [2.75, 3.05) is 31.0 Å². The van der Waals surface area contributed by atoms with E-state index in [2.05, 4.69) is 20.6 Å². The van der Waals surface area contributed by atoms with Gasteiger partial charge in [0.15, 0.2) is 6.10 Å². The summed E-state index contributed by atoms with van der Waals surface area (Å²) in [6.45, 7) is 2.65. The fraction of sp³-hybridized carbons (Fsp3) is 0.320. The summed E-state index contributed by atoms with van der Waals surface area (Å²) < 4.78 is 22.6. The number of ether oxygens (including phenoxy) is 4. The fourth-order valence-electron chi connectivity index (χ4n) is 4.13. The summed E-state index contributed by atoms with van der Waals surface area (Å²) in [4.78, 5) is 21.3. The maximum Gasteiger partial charge on any atom is 0.412 e. The predicted molar refractivity (Wildman–Crippen MR) is 126 cm³/mol. The molecule has 176 valence electrons. The molecule has 2 N–H and O–H groups in total. The lowest BCUT2D eigenvalue weighted by atomic mass is 10.1. The first-order valence-electron chi connectivity index (χ1n) is 11.1. The minimum atomic E-state index is -0.534. The molecule has 4 atom stereocenters. The Morgan fingerprint density at radius 2 is 1.76 bits per heavy atom. The number of hydrogen-bond acceptors (Lipinski definition) is 8. The normalized spacial score (nSPS) is 23.2. The number of benzene rings is 2. The summed E-state index contributed by atoms with van der Waals surface area (Å²) in [5, 5.41) is 6.05. The van der Waals surface area contributed by atoms with Crippen LogP contribution in [0.1, 0.15) is 5.56 Å². The van der Waals surface area contributed by atoms with Crippen LogP contribution in [-0.2, 0) is 14.2 Å². The molecule has 0 spiro atoms. The van der Waals surface area contributed by atoms with Gasteiger partial charge in [0, 0.05) is 17.4 Å². The molecule has 9 nitrogen and oxygen atoms in total. The Balaban J connectivity index is 1.19. The third-order valence-corrected chi connectivity index (χ3v) is 5.92. The number of nitrogens with zero attached hydrogens (tertiary/aromatic N) is 2. The van der Waals surface area contributed by atoms with Gasteiger partial charge in [-0.3, -0.25) is 5.32 Å². The van der Waals surface area contributed by atoms with E-state index in [4.69, 9.17) is 18.9 Å². The first-order valence-corrected chi connectivity index (χ1v) is 11.1. The van der Waals surface area contributed by atoms with E-state index in [9.17, 15) is 4.79 Å². The minimum absolute atomic E-state index is 0.162. The largest absolute Gasteiger partial charge is 0.497 e. The molecule has 1 aromatic heterocycles. The molecule has 3 aromatic rings. The highest BCUT2D eigenvalue weighted by atomic mass is 16.6. The monoisotopic (exact) mass is 462 g/mol. The smallest absolute Gasteiger partial charge is 0.412 e. The van der Waals surface area contributed by atoms with Crippen molar-refractivity contribution in [1.29, 1.82) is 0 Å². The summed E-state index contributed by atoms with van der Waals surface area (Å²) in [5.41, 5.74) is 3.53. The van der Waals surface area contributed by atoms with Gasteiger partial charge in [0.05, 0.1) is 32.1 Å². The van der Waals surface area contributed by atoms with Gasteiger partial charge in [-0.2, -0.15) is 0 Å². The van der Waals surface area contributed by atoms with Crippen LogP contribution in [0.4, 0.5) is 16.4 Å². The molecular formula is C25H26N4O5. The van der Waals surface area contributed by atoms with Crippen LogP contribution in [0.25, 0.3) is 11.3 Å². The molecule has 2 saturated heterocycles. The summed E-state index contributed by atoms with van der Waals surface area (Å²) in [7, 11) is 1.63. The van der Waals surface area contributed by atoms with Gasteiger partial charge in [-0.1, -0.05) is 17.7 Å². The molecule has 2 aliphatic heterocycles. The molecule has 4 unspecified atom stereocenters. The number of aromatic nitrogens is 2. The number of hydrogen-bond donors (Lipinski definition) is 2. The molecule has 0 saturated carbocycles. The third-order valence-electron chi connectivity index (χ3n) is 5.92. The number of anilines is 2. The first kappa shape index (κ1) is 22.1. The zero-order valence-corrected chi connectivity index (χ0v) is 18.9. The Kier molecular flexibility index (Phi) is 6.29. The van der Waals surface area contributed by atoms with E-state index in [1.54, 1.807) is 13.3 Å². The van der Waals surface area contributed by atoms with Crippen LogP contribution < -0.4 is 15.4 Å². The van der Waals surface area contributed by atoms with Gasteiger partial charge in [0.25, 0.3) is 0 Å². The van der Waals surface area contributed by atoms with Crippen molar-refractivity contribution in [3.63, 3.8) is 0 Å². The number of carbonyl (C=O) groups is 1. The van der Waals surface area contributed by atoms with Crippen molar-refractivity contribution in [3.05, 3.63) is 66.4 Å². The van der Waals surface area contributed by atoms with E-state index in [1.165, 1.54) is 0 Å². The average molecular weight is 463 g/mol. The Bertz CT molecular complexity index is 1140. The van der Waals surface area contributed by atoms with Crippen LogP contribution in [0, 0.1) is 6.92 Å². The van der Waals surface area contributed by atoms with Gasteiger partial charge in [-0.05, 0) is 49.4 Å². The topological polar surface area (TPSA) is 104 Å². The molecule has 0 bridgehead atoms. The van der Waals surface area contributed by atoms with Crippen LogP contribution in [0.3, 0.4) is 0 Å². The molecule has 2 aromatic carbocycles. The van der Waals surface area contributed by atoms with Gasteiger partial charge in [-0.15, -0.1) is 0 Å². The Morgan fingerprint density at radius 1 is 1.00 bits per heavy atom. The Labute approximate surface area is 197 Å². The van der Waals surface area contributed by atoms with E-state index in [0.717, 1.165) is 22.6 Å². The Hall–Kier alpha value is -3.69. The maximum absolute atomic E-state index is 12.3. The molecular weight excluding hydrogens is 436 g/mol. The molecule has 3 heterocycles. The highest BCUT2D eigenvalue weighted by Gasteiger charge is 2.49. The summed E-state index contributed by atoms with van der Waals surface area (Å²) in [5.74, 6) is 1.26. The van der Waals surface area contributed by atoms with E-state index < -0.39 is 12.2 Å². The number of methoxy groups -OCH3 is 1. The number of fused-ring (bicyclic) bond motifs is 1. The second-order valence-corrected chi connectivity index (χ2v) is 8.28. The van der Waals surface area contributed by atoms with Crippen molar-refractivity contribution >= 4 is 17.7 Å². The number of amides is 1. The summed E-state index contributed by atoms with van der Waals surface area (Å²) in [6, 6.07) is 16.9. The second-order valence-electron chi connectivity index (χ2n) is 8.28. The van der Waals surface area contributed by atoms with Gasteiger partial charge >= 0.3 is 6.09 Å². The third kappa shape index (κ3) is 4.80. The van der Waals surface area contributed by atoms with E-state index >= 15 is 0 Å².